The number of rotatable bonds is 11. The highest BCUT2D eigenvalue weighted by molar-refractivity contribution is 7.99. The zero-order chi connectivity index (χ0) is 45.1. The number of allylic oxidation sites excluding steroid dienone is 2. The maximum atomic E-state index is 14.5. The van der Waals surface area contributed by atoms with Crippen molar-refractivity contribution in [2.24, 2.45) is 0 Å². The number of aryl methyl sites for hydroxylation is 1. The molecule has 2 bridgehead atoms. The Kier molecular flexibility index (Phi) is 12.0. The summed E-state index contributed by atoms with van der Waals surface area (Å²) in [7, 11) is 2.84. The van der Waals surface area contributed by atoms with Gasteiger partial charge in [0.05, 0.1) is 32.4 Å². The largest absolute Gasteiger partial charge is 0.504 e. The summed E-state index contributed by atoms with van der Waals surface area (Å²) in [4.78, 5) is 60.6. The van der Waals surface area contributed by atoms with Crippen LogP contribution >= 0.6 is 11.8 Å². The maximum absolute atomic E-state index is 14.5. The van der Waals surface area contributed by atoms with E-state index in [0.717, 1.165) is 11.1 Å². The van der Waals surface area contributed by atoms with E-state index in [1.54, 1.807) is 27.7 Å². The second kappa shape index (κ2) is 17.2. The van der Waals surface area contributed by atoms with Gasteiger partial charge in [-0.1, -0.05) is 61.5 Å². The van der Waals surface area contributed by atoms with Gasteiger partial charge in [0.25, 0.3) is 0 Å². The Bertz CT molecular complexity index is 2460. The smallest absolute Gasteiger partial charge is 0.408 e. The van der Waals surface area contributed by atoms with Crippen molar-refractivity contribution in [2.75, 3.05) is 38.9 Å². The minimum atomic E-state index is -1.16. The van der Waals surface area contributed by atoms with Crippen LogP contribution in [0.1, 0.15) is 80.8 Å². The first-order chi connectivity index (χ1) is 30.1. The summed E-state index contributed by atoms with van der Waals surface area (Å²) in [6.45, 7) is 10.7. The van der Waals surface area contributed by atoms with Crippen LogP contribution in [0.4, 0.5) is 4.79 Å². The number of esters is 1. The van der Waals surface area contributed by atoms with Crippen molar-refractivity contribution in [2.45, 2.75) is 102 Å². The lowest BCUT2D eigenvalue weighted by atomic mass is 9.69. The number of ketones is 2. The van der Waals surface area contributed by atoms with Gasteiger partial charge in [0.2, 0.25) is 5.78 Å². The van der Waals surface area contributed by atoms with Crippen molar-refractivity contribution in [3.8, 4) is 28.7 Å². The van der Waals surface area contributed by atoms with Crippen LogP contribution in [0.2, 0.25) is 0 Å². The van der Waals surface area contributed by atoms with E-state index in [1.807, 2.05) is 49.1 Å². The molecule has 0 spiro atoms. The second-order valence-corrected chi connectivity index (χ2v) is 18.9. The van der Waals surface area contributed by atoms with Gasteiger partial charge in [0.15, 0.2) is 23.0 Å². The van der Waals surface area contributed by atoms with Gasteiger partial charge in [-0.05, 0) is 87.4 Å². The molecule has 8 rings (SSSR count). The number of aromatic hydroxyl groups is 1. The quantitative estimate of drug-likeness (QED) is 0.155. The normalized spacial score (nSPS) is 23.4. The number of nitriles is 1. The standard InChI is InChI=1S/C49H54N4O9S/c1-9-52-35-19-27-18-25(2)45(59-7)43(55)39(27)41(52)36-20-32-40(44(56)46(60-8)26(3)42(32)54)38(53(36)37(35)21-50)22-61-47(57)34(51-48(58)62-49(4,5)6)24-63-23-33-30-16-12-10-14-28(30)29-15-11-13-17-31(29)33/h10-18,33-38,41,55H,9,19-20,22-24H2,1-8H3,(H,51,58)/t34-,35+,36?,37+,38+,41+/m1/s1. The minimum Gasteiger partial charge on any atom is -0.504 e. The number of nitrogens with zero attached hydrogens (tertiary/aromatic N) is 3. The fourth-order valence-electron chi connectivity index (χ4n) is 10.7. The number of carbonyl (C=O) groups is 4. The predicted octanol–water partition coefficient (Wildman–Crippen LogP) is 6.70. The van der Waals surface area contributed by atoms with Crippen molar-refractivity contribution in [1.82, 2.24) is 15.1 Å². The second-order valence-electron chi connectivity index (χ2n) is 17.8. The SMILES string of the molecule is CCN1[C@@H]2c3c(cc(C)c(OC)c3O)C[C@H]1[C@H](C#N)N1C2CC2=C(C(=O)C(OC)=C(C)C2=O)[C@@H]1COC(=O)[C@@H](CSCC1c2ccccc2-c2ccccc21)NC(=O)OC(C)(C)C. The van der Waals surface area contributed by atoms with Crippen LogP contribution in [0, 0.1) is 18.3 Å². The molecule has 0 saturated carbocycles. The molecule has 14 heteroatoms. The molecule has 6 atom stereocenters. The molecular weight excluding hydrogens is 821 g/mol. The minimum absolute atomic E-state index is 0.00514. The van der Waals surface area contributed by atoms with Crippen LogP contribution < -0.4 is 10.1 Å². The Balaban J connectivity index is 1.14. The summed E-state index contributed by atoms with van der Waals surface area (Å²) in [5, 5.41) is 25.7. The molecule has 1 saturated heterocycles. The Morgan fingerprint density at radius 2 is 1.65 bits per heavy atom. The molecule has 0 radical (unpaired) electrons. The summed E-state index contributed by atoms with van der Waals surface area (Å²) in [6.07, 6.45) is -0.283. The van der Waals surface area contributed by atoms with Crippen molar-refractivity contribution in [3.05, 3.63) is 105 Å². The fraction of sp³-hybridized carbons (Fsp3) is 0.449. The summed E-state index contributed by atoms with van der Waals surface area (Å²) in [5.74, 6) is -0.592. The molecule has 330 valence electrons. The monoisotopic (exact) mass is 874 g/mol. The van der Waals surface area contributed by atoms with Crippen LogP contribution in [-0.4, -0.2) is 113 Å². The number of phenols is 1. The lowest BCUT2D eigenvalue weighted by molar-refractivity contribution is -0.150. The van der Waals surface area contributed by atoms with Gasteiger partial charge in [0, 0.05) is 51.8 Å². The first kappa shape index (κ1) is 44.0. The number of hydrogen-bond acceptors (Lipinski definition) is 13. The van der Waals surface area contributed by atoms with E-state index in [2.05, 4.69) is 40.6 Å². The first-order valence-electron chi connectivity index (χ1n) is 21.4. The van der Waals surface area contributed by atoms with Crippen molar-refractivity contribution in [3.63, 3.8) is 0 Å². The number of piperazine rings is 1. The number of carbonyl (C=O) groups excluding carboxylic acids is 4. The van der Waals surface area contributed by atoms with Gasteiger partial charge in [0.1, 0.15) is 24.3 Å². The number of methoxy groups -OCH3 is 2. The average Bonchev–Trinajstić information content (AvgIpc) is 3.56. The molecule has 2 N–H and O–H groups in total. The Labute approximate surface area is 372 Å². The Morgan fingerprint density at radius 1 is 0.984 bits per heavy atom. The number of nitrogens with one attached hydrogen (secondary N) is 1. The highest BCUT2D eigenvalue weighted by atomic mass is 32.2. The molecule has 3 aromatic rings. The topological polar surface area (TPSA) is 168 Å². The lowest BCUT2D eigenvalue weighted by Crippen LogP contribution is -2.71. The lowest BCUT2D eigenvalue weighted by Gasteiger charge is -2.60. The predicted molar refractivity (Wildman–Crippen MR) is 237 cm³/mol. The molecule has 1 amide bonds. The van der Waals surface area contributed by atoms with Crippen LogP contribution in [0.5, 0.6) is 11.5 Å². The van der Waals surface area contributed by atoms with Gasteiger partial charge >= 0.3 is 12.1 Å². The van der Waals surface area contributed by atoms with E-state index in [1.165, 1.54) is 48.2 Å². The van der Waals surface area contributed by atoms with Crippen LogP contribution in [0.3, 0.4) is 0 Å². The molecule has 1 unspecified atom stereocenters. The third-order valence-electron chi connectivity index (χ3n) is 13.1. The third-order valence-corrected chi connectivity index (χ3v) is 14.3. The number of likely N-dealkylation sites (N-methyl/N-ethyl adjacent to an activating group) is 1. The van der Waals surface area contributed by atoms with Gasteiger partial charge in [-0.25, -0.2) is 9.59 Å². The Morgan fingerprint density at radius 3 is 2.25 bits per heavy atom. The van der Waals surface area contributed by atoms with Crippen molar-refractivity contribution < 1.29 is 43.2 Å². The zero-order valence-corrected chi connectivity index (χ0v) is 37.8. The van der Waals surface area contributed by atoms with Gasteiger partial charge < -0.3 is 29.4 Å². The van der Waals surface area contributed by atoms with Gasteiger partial charge in [-0.3, -0.25) is 19.4 Å². The summed E-state index contributed by atoms with van der Waals surface area (Å²) in [6, 6.07) is 16.6. The zero-order valence-electron chi connectivity index (χ0n) is 36.9. The number of fused-ring (bicyclic) bond motifs is 9. The molecule has 5 aliphatic rings. The van der Waals surface area contributed by atoms with E-state index in [9.17, 15) is 29.5 Å². The number of phenolic OH excluding ortho intramolecular Hbond substituents is 1. The molecule has 63 heavy (non-hydrogen) atoms. The van der Waals surface area contributed by atoms with Crippen LogP contribution in [0.15, 0.2) is 77.1 Å². The number of benzene rings is 3. The molecule has 3 aromatic carbocycles. The molecular formula is C49H54N4O9S. The molecule has 3 heterocycles. The third kappa shape index (κ3) is 7.57. The molecule has 2 aliphatic carbocycles. The number of alkyl carbamates (subject to hydrolysis) is 1. The molecule has 3 aliphatic heterocycles. The van der Waals surface area contributed by atoms with E-state index < -0.39 is 60.3 Å². The summed E-state index contributed by atoms with van der Waals surface area (Å²) in [5.41, 5.74) is 6.71. The van der Waals surface area contributed by atoms with E-state index in [4.69, 9.17) is 18.9 Å². The van der Waals surface area contributed by atoms with Gasteiger partial charge in [-0.15, -0.1) is 0 Å². The number of amides is 1. The maximum Gasteiger partial charge on any atom is 0.408 e. The highest BCUT2D eigenvalue weighted by Crippen LogP contribution is 2.54. The van der Waals surface area contributed by atoms with E-state index >= 15 is 0 Å². The average molecular weight is 875 g/mol. The van der Waals surface area contributed by atoms with E-state index in [0.29, 0.717) is 30.0 Å². The van der Waals surface area contributed by atoms with Crippen LogP contribution in [0.25, 0.3) is 11.1 Å². The fourth-order valence-corrected chi connectivity index (χ4v) is 11.9. The summed E-state index contributed by atoms with van der Waals surface area (Å²) >= 11 is 1.50. The number of thioether (sulfide) groups is 1. The molecule has 13 nitrogen and oxygen atoms in total. The van der Waals surface area contributed by atoms with Crippen molar-refractivity contribution in [1.29, 1.82) is 5.26 Å². The molecule has 1 fully saturated rings. The highest BCUT2D eigenvalue weighted by Gasteiger charge is 2.58. The van der Waals surface area contributed by atoms with Crippen LogP contribution in [-0.2, 0) is 35.0 Å². The van der Waals surface area contributed by atoms with Gasteiger partial charge in [-0.2, -0.15) is 17.0 Å². The Hall–Kier alpha value is -5.62. The number of Topliss-reactive ketones (excluding diaryl/α,β-unsaturated/α-hetero) is 2. The van der Waals surface area contributed by atoms with E-state index in [-0.39, 0.29) is 58.1 Å². The number of ether oxygens (including phenoxy) is 4. The first-order valence-corrected chi connectivity index (χ1v) is 22.6. The number of hydrogen-bond donors (Lipinski definition) is 2. The molecule has 0 aromatic heterocycles. The van der Waals surface area contributed by atoms with Crippen molar-refractivity contribution >= 4 is 35.4 Å². The summed E-state index contributed by atoms with van der Waals surface area (Å²) < 4.78 is 23.0.